The van der Waals surface area contributed by atoms with Crippen molar-refractivity contribution in [2.24, 2.45) is 0 Å². The van der Waals surface area contributed by atoms with Crippen LogP contribution in [0.25, 0.3) is 43.1 Å². The van der Waals surface area contributed by atoms with Gasteiger partial charge in [-0.25, -0.2) is 0 Å². The molecule has 0 aromatic heterocycles. The molecule has 64 heavy (non-hydrogen) atoms. The van der Waals surface area contributed by atoms with Crippen LogP contribution in [0.3, 0.4) is 0 Å². The van der Waals surface area contributed by atoms with Crippen LogP contribution in [0.4, 0.5) is 11.4 Å². The maximum absolute atomic E-state index is 6.83. The topological polar surface area (TPSA) is 42.5 Å². The van der Waals surface area contributed by atoms with Gasteiger partial charge in [-0.1, -0.05) is 165 Å². The van der Waals surface area contributed by atoms with Crippen LogP contribution in [0, 0.1) is 0 Å². The van der Waals surface area contributed by atoms with Gasteiger partial charge in [0.1, 0.15) is 23.0 Å². The summed E-state index contributed by atoms with van der Waals surface area (Å²) in [5, 5.41) is 16.9. The summed E-state index contributed by atoms with van der Waals surface area (Å²) in [7, 11) is 0. The zero-order chi connectivity index (χ0) is 44.5. The van der Waals surface area contributed by atoms with Gasteiger partial charge in [-0.2, -0.15) is 0 Å². The van der Waals surface area contributed by atoms with Gasteiger partial charge in [0, 0.05) is 46.0 Å². The first kappa shape index (κ1) is 42.8. The first-order valence-electron chi connectivity index (χ1n) is 23.4. The molecule has 0 aliphatic rings. The number of nitrogens with one attached hydrogen (secondary N) is 2. The number of hydrogen-bond acceptors (Lipinski definition) is 4. The highest BCUT2D eigenvalue weighted by Gasteiger charge is 2.21. The normalized spacial score (nSPS) is 11.9. The molecular weight excluding hydrogens is 781 g/mol. The third-order valence-electron chi connectivity index (χ3n) is 13.0. The summed E-state index contributed by atoms with van der Waals surface area (Å²) in [6.07, 6.45) is 1.85. The first-order chi connectivity index (χ1) is 31.0. The standard InChI is InChI=1S/C60H62N2O2/c1-37(2)47-15-11-16-48(38(3)4)59(47)61-35-33-41-21-27-45(28-22-41)63-53-31-25-43-13-10-20-52-55(43)57(53)51-19-9-14-44-26-32-54(58(52)56(44)51)64-46-29-23-42(24-30-46)34-36-62-60-49(39(5)6)17-12-18-50(60)40(7)8/h9-32,37-40,61-62H,33-36H2,1-8H3. The van der Waals surface area contributed by atoms with Gasteiger partial charge >= 0.3 is 0 Å². The molecule has 0 aliphatic heterocycles. The fraction of sp³-hybridized carbons (Fsp3) is 0.267. The molecule has 0 amide bonds. The van der Waals surface area contributed by atoms with Crippen LogP contribution in [0.15, 0.2) is 146 Å². The molecule has 0 heterocycles. The molecule has 324 valence electrons. The molecule has 4 nitrogen and oxygen atoms in total. The number of rotatable bonds is 16. The van der Waals surface area contributed by atoms with Crippen LogP contribution in [-0.2, 0) is 12.8 Å². The minimum Gasteiger partial charge on any atom is -0.457 e. The van der Waals surface area contributed by atoms with Crippen LogP contribution in [0.1, 0.15) is 112 Å². The van der Waals surface area contributed by atoms with Gasteiger partial charge in [-0.3, -0.25) is 0 Å². The lowest BCUT2D eigenvalue weighted by molar-refractivity contribution is 0.488. The van der Waals surface area contributed by atoms with Crippen LogP contribution in [-0.4, -0.2) is 13.1 Å². The van der Waals surface area contributed by atoms with Crippen LogP contribution in [0.5, 0.6) is 23.0 Å². The predicted molar refractivity (Wildman–Crippen MR) is 274 cm³/mol. The minimum absolute atomic E-state index is 0.463. The van der Waals surface area contributed by atoms with Crippen LogP contribution >= 0.6 is 0 Å². The molecule has 0 bridgehead atoms. The molecule has 0 radical (unpaired) electrons. The number of para-hydroxylation sites is 2. The third kappa shape index (κ3) is 8.46. The molecular formula is C60H62N2O2. The average molecular weight is 843 g/mol. The lowest BCUT2D eigenvalue weighted by atomic mass is 9.89. The Hall–Kier alpha value is -6.52. The SMILES string of the molecule is CC(C)c1cccc(C(C)C)c1NCCc1ccc(Oc2ccc3cccc4c5c(Oc6ccc(CCNc7c(C(C)C)cccc7C(C)C)cc6)ccc6cccc(c2c34)c65)cc1. The maximum atomic E-state index is 6.83. The lowest BCUT2D eigenvalue weighted by Gasteiger charge is -2.21. The largest absolute Gasteiger partial charge is 0.457 e. The third-order valence-corrected chi connectivity index (χ3v) is 13.0. The number of hydrogen-bond donors (Lipinski definition) is 2. The molecule has 9 rings (SSSR count). The van der Waals surface area contributed by atoms with Crippen molar-refractivity contribution in [3.05, 3.63) is 179 Å². The molecule has 2 N–H and O–H groups in total. The summed E-state index contributed by atoms with van der Waals surface area (Å²) in [4.78, 5) is 0. The molecule has 0 saturated carbocycles. The Morgan fingerprint density at radius 2 is 0.703 bits per heavy atom. The van der Waals surface area contributed by atoms with Crippen molar-refractivity contribution in [1.82, 2.24) is 0 Å². The van der Waals surface area contributed by atoms with Crippen molar-refractivity contribution in [1.29, 1.82) is 0 Å². The van der Waals surface area contributed by atoms with E-state index in [1.807, 2.05) is 0 Å². The second kappa shape index (κ2) is 18.3. The number of benzene rings is 9. The molecule has 0 atom stereocenters. The van der Waals surface area contributed by atoms with E-state index in [1.54, 1.807) is 0 Å². The van der Waals surface area contributed by atoms with E-state index in [4.69, 9.17) is 9.47 Å². The summed E-state index contributed by atoms with van der Waals surface area (Å²) < 4.78 is 13.7. The van der Waals surface area contributed by atoms with E-state index < -0.39 is 0 Å². The molecule has 9 aromatic carbocycles. The minimum atomic E-state index is 0.463. The van der Waals surface area contributed by atoms with Crippen LogP contribution in [0.2, 0.25) is 0 Å². The summed E-state index contributed by atoms with van der Waals surface area (Å²) in [5.41, 5.74) is 10.7. The van der Waals surface area contributed by atoms with Gasteiger partial charge in [0.05, 0.1) is 0 Å². The Morgan fingerprint density at radius 1 is 0.359 bits per heavy atom. The molecule has 4 heteroatoms. The van der Waals surface area contributed by atoms with E-state index in [-0.39, 0.29) is 0 Å². The highest BCUT2D eigenvalue weighted by Crippen LogP contribution is 2.48. The smallest absolute Gasteiger partial charge is 0.135 e. The first-order valence-corrected chi connectivity index (χ1v) is 23.4. The second-order valence-corrected chi connectivity index (χ2v) is 18.8. The lowest BCUT2D eigenvalue weighted by Crippen LogP contribution is -2.10. The van der Waals surface area contributed by atoms with Crippen molar-refractivity contribution < 1.29 is 9.47 Å². The molecule has 0 fully saturated rings. The van der Waals surface area contributed by atoms with Crippen molar-refractivity contribution in [2.75, 3.05) is 23.7 Å². The van der Waals surface area contributed by atoms with E-state index in [9.17, 15) is 0 Å². The monoisotopic (exact) mass is 842 g/mol. The zero-order valence-corrected chi connectivity index (χ0v) is 38.8. The number of anilines is 2. The van der Waals surface area contributed by atoms with Gasteiger partial charge < -0.3 is 20.1 Å². The quantitative estimate of drug-likeness (QED) is 0.0751. The maximum Gasteiger partial charge on any atom is 0.135 e. The molecule has 0 aliphatic carbocycles. The Labute approximate surface area is 380 Å². The Balaban J connectivity index is 0.962. The molecule has 0 spiro atoms. The van der Waals surface area contributed by atoms with Crippen molar-refractivity contribution >= 4 is 54.5 Å². The average Bonchev–Trinajstić information content (AvgIpc) is 3.29. The zero-order valence-electron chi connectivity index (χ0n) is 38.8. The van der Waals surface area contributed by atoms with E-state index >= 15 is 0 Å². The van der Waals surface area contributed by atoms with E-state index in [0.29, 0.717) is 23.7 Å². The van der Waals surface area contributed by atoms with Crippen molar-refractivity contribution in [2.45, 2.75) is 91.9 Å². The predicted octanol–water partition coefficient (Wildman–Crippen LogP) is 17.1. The number of fused-ring (bicyclic) bond motifs is 2. The second-order valence-electron chi connectivity index (χ2n) is 18.8. The van der Waals surface area contributed by atoms with Gasteiger partial charge in [-0.05, 0) is 128 Å². The Bertz CT molecular complexity index is 2790. The van der Waals surface area contributed by atoms with Gasteiger partial charge in [0.2, 0.25) is 0 Å². The summed E-state index contributed by atoms with van der Waals surface area (Å²) in [6, 6.07) is 52.5. The fourth-order valence-electron chi connectivity index (χ4n) is 9.72. The Kier molecular flexibility index (Phi) is 12.2. The molecule has 0 unspecified atom stereocenters. The summed E-state index contributed by atoms with van der Waals surface area (Å²) in [6.45, 7) is 19.9. The Morgan fingerprint density at radius 3 is 1.05 bits per heavy atom. The van der Waals surface area contributed by atoms with E-state index in [1.165, 1.54) is 66.3 Å². The molecule has 9 aromatic rings. The van der Waals surface area contributed by atoms with Crippen molar-refractivity contribution in [3.8, 4) is 23.0 Å². The van der Waals surface area contributed by atoms with Gasteiger partial charge in [0.15, 0.2) is 0 Å². The van der Waals surface area contributed by atoms with Crippen LogP contribution < -0.4 is 20.1 Å². The van der Waals surface area contributed by atoms with E-state index in [0.717, 1.165) is 70.5 Å². The fourth-order valence-corrected chi connectivity index (χ4v) is 9.72. The van der Waals surface area contributed by atoms with Gasteiger partial charge in [-0.15, -0.1) is 0 Å². The highest BCUT2D eigenvalue weighted by atomic mass is 16.5. The number of ether oxygens (including phenoxy) is 2. The highest BCUT2D eigenvalue weighted by molar-refractivity contribution is 6.35. The van der Waals surface area contributed by atoms with E-state index in [2.05, 4.69) is 212 Å². The van der Waals surface area contributed by atoms with Crippen molar-refractivity contribution in [3.63, 3.8) is 0 Å². The molecule has 0 saturated heterocycles. The van der Waals surface area contributed by atoms with Gasteiger partial charge in [0.25, 0.3) is 0 Å². The summed E-state index contributed by atoms with van der Waals surface area (Å²) >= 11 is 0. The summed E-state index contributed by atoms with van der Waals surface area (Å²) in [5.74, 6) is 5.20.